The number of rotatable bonds is 9. The highest BCUT2D eigenvalue weighted by molar-refractivity contribution is 7.99. The fourth-order valence-corrected chi connectivity index (χ4v) is 4.42. The molecule has 1 atom stereocenters. The monoisotopic (exact) mass is 449 g/mol. The summed E-state index contributed by atoms with van der Waals surface area (Å²) in [6, 6.07) is 13.5. The van der Waals surface area contributed by atoms with Gasteiger partial charge in [-0.05, 0) is 62.1 Å². The van der Waals surface area contributed by atoms with Crippen molar-refractivity contribution < 1.29 is 18.9 Å². The molecule has 2 aromatic rings. The quantitative estimate of drug-likeness (QED) is 0.450. The molecule has 2 rings (SSSR count). The maximum atomic E-state index is 10.8. The summed E-state index contributed by atoms with van der Waals surface area (Å²) >= 11 is 14.0. The molecule has 9 heteroatoms. The van der Waals surface area contributed by atoms with Gasteiger partial charge in [0.2, 0.25) is 0 Å². The maximum Gasteiger partial charge on any atom is 0.469 e. The molecule has 0 unspecified atom stereocenters. The number of phosphoric acid groups is 1. The Kier molecular flexibility index (Phi) is 8.22. The van der Waals surface area contributed by atoms with Crippen LogP contribution in [0.25, 0.3) is 0 Å². The van der Waals surface area contributed by atoms with Gasteiger partial charge in [0.05, 0.1) is 6.61 Å². The number of hydrogen-bond acceptors (Lipinski definition) is 4. The summed E-state index contributed by atoms with van der Waals surface area (Å²) in [7, 11) is -4.51. The molecule has 0 aliphatic carbocycles. The first-order chi connectivity index (χ1) is 12.5. The molecular formula is C18H22Cl2NO4PS. The number of halogens is 2. The van der Waals surface area contributed by atoms with E-state index in [4.69, 9.17) is 38.7 Å². The minimum absolute atomic E-state index is 0.208. The highest BCUT2D eigenvalue weighted by atomic mass is 35.5. The molecular weight excluding hydrogens is 428 g/mol. The number of hydrogen-bond donors (Lipinski definition) is 3. The molecule has 0 aliphatic rings. The van der Waals surface area contributed by atoms with Crippen LogP contribution >= 0.6 is 42.8 Å². The molecule has 0 aliphatic heterocycles. The second-order valence-corrected chi connectivity index (χ2v) is 9.81. The van der Waals surface area contributed by atoms with E-state index in [1.54, 1.807) is 18.7 Å². The van der Waals surface area contributed by atoms with Gasteiger partial charge in [0.25, 0.3) is 0 Å². The zero-order valence-corrected chi connectivity index (χ0v) is 18.0. The Hall–Kier alpha value is -0.560. The van der Waals surface area contributed by atoms with Crippen LogP contribution in [0.5, 0.6) is 0 Å². The zero-order chi connectivity index (χ0) is 20.1. The Labute approximate surface area is 173 Å². The van der Waals surface area contributed by atoms with Gasteiger partial charge < -0.3 is 15.5 Å². The summed E-state index contributed by atoms with van der Waals surface area (Å²) in [5, 5.41) is 1.36. The van der Waals surface area contributed by atoms with Gasteiger partial charge in [-0.2, -0.15) is 0 Å². The van der Waals surface area contributed by atoms with Crippen LogP contribution in [-0.4, -0.2) is 21.9 Å². The van der Waals surface area contributed by atoms with Gasteiger partial charge in [-0.1, -0.05) is 47.1 Å². The van der Waals surface area contributed by atoms with Crippen molar-refractivity contribution in [3.63, 3.8) is 0 Å². The fraction of sp³-hybridized carbons (Fsp3) is 0.333. The van der Waals surface area contributed by atoms with Crippen molar-refractivity contribution >= 4 is 42.8 Å². The minimum Gasteiger partial charge on any atom is -0.323 e. The lowest BCUT2D eigenvalue weighted by Crippen LogP contribution is -2.40. The molecule has 4 N–H and O–H groups in total. The minimum atomic E-state index is -4.51. The molecule has 0 heterocycles. The van der Waals surface area contributed by atoms with Gasteiger partial charge in [-0.15, -0.1) is 0 Å². The number of benzene rings is 2. The van der Waals surface area contributed by atoms with Crippen LogP contribution in [0.2, 0.25) is 10.0 Å². The van der Waals surface area contributed by atoms with E-state index in [0.717, 1.165) is 21.8 Å². The lowest BCUT2D eigenvalue weighted by Gasteiger charge is -2.24. The van der Waals surface area contributed by atoms with E-state index in [1.165, 1.54) is 0 Å². The van der Waals surface area contributed by atoms with Crippen LogP contribution in [-0.2, 0) is 15.5 Å². The van der Waals surface area contributed by atoms with Crippen LogP contribution in [0, 0.1) is 0 Å². The first kappa shape index (κ1) is 22.7. The van der Waals surface area contributed by atoms with Crippen LogP contribution in [0.15, 0.2) is 52.3 Å². The summed E-state index contributed by atoms with van der Waals surface area (Å²) in [5.74, 6) is 0. The molecule has 5 nitrogen and oxygen atoms in total. The van der Waals surface area contributed by atoms with Crippen molar-refractivity contribution in [3.05, 3.63) is 58.1 Å². The summed E-state index contributed by atoms with van der Waals surface area (Å²) in [6.07, 6.45) is 1.98. The van der Waals surface area contributed by atoms with Crippen LogP contribution in [0.1, 0.15) is 25.3 Å². The van der Waals surface area contributed by atoms with Gasteiger partial charge in [-0.3, -0.25) is 4.52 Å². The summed E-state index contributed by atoms with van der Waals surface area (Å²) in [4.78, 5) is 19.6. The lowest BCUT2D eigenvalue weighted by atomic mass is 9.95. The molecule has 148 valence electrons. The Bertz CT molecular complexity index is 829. The summed E-state index contributed by atoms with van der Waals surface area (Å²) < 4.78 is 15.3. The number of aryl methyl sites for hydroxylation is 1. The molecule has 0 bridgehead atoms. The third-order valence-electron chi connectivity index (χ3n) is 3.81. The number of nitrogens with two attached hydrogens (primary N) is 1. The van der Waals surface area contributed by atoms with Crippen LogP contribution in [0.3, 0.4) is 0 Å². The van der Waals surface area contributed by atoms with E-state index in [9.17, 15) is 4.57 Å². The topological polar surface area (TPSA) is 92.8 Å². The predicted octanol–water partition coefficient (Wildman–Crippen LogP) is 5.29. The summed E-state index contributed by atoms with van der Waals surface area (Å²) in [6.45, 7) is 1.50. The van der Waals surface area contributed by atoms with E-state index in [2.05, 4.69) is 4.52 Å². The highest BCUT2D eigenvalue weighted by Gasteiger charge is 2.24. The second kappa shape index (κ2) is 9.77. The lowest BCUT2D eigenvalue weighted by molar-refractivity contribution is 0.153. The predicted molar refractivity (Wildman–Crippen MR) is 111 cm³/mol. The standard InChI is InChI=1S/C18H22Cl2NO4PS/c1-18(21,12-25-26(22,23)24)9-3-4-13-7-8-16(11-17(13)20)27-15-6-2-5-14(19)10-15/h2,5-8,10-11H,3-4,9,12,21H2,1H3,(H2,22,23,24)/t18-/m1/s1. The largest absolute Gasteiger partial charge is 0.469 e. The van der Waals surface area contributed by atoms with Gasteiger partial charge in [0.1, 0.15) is 0 Å². The van der Waals surface area contributed by atoms with Crippen LogP contribution < -0.4 is 5.73 Å². The Morgan fingerprint density at radius 1 is 1.19 bits per heavy atom. The van der Waals surface area contributed by atoms with Gasteiger partial charge in [-0.25, -0.2) is 4.57 Å². The molecule has 27 heavy (non-hydrogen) atoms. The smallest absolute Gasteiger partial charge is 0.323 e. The van der Waals surface area contributed by atoms with Crippen molar-refractivity contribution in [3.8, 4) is 0 Å². The molecule has 0 aromatic heterocycles. The third-order valence-corrected chi connectivity index (χ3v) is 5.84. The average Bonchev–Trinajstić information content (AvgIpc) is 2.55. The molecule has 2 aromatic carbocycles. The SMILES string of the molecule is C[C@@](N)(CCCc1ccc(Sc2cccc(Cl)c2)cc1Cl)COP(=O)(O)O. The Morgan fingerprint density at radius 3 is 2.52 bits per heavy atom. The fourth-order valence-electron chi connectivity index (χ4n) is 2.45. The molecule has 0 amide bonds. The van der Waals surface area contributed by atoms with E-state index < -0.39 is 13.4 Å². The molecule has 0 saturated carbocycles. The van der Waals surface area contributed by atoms with E-state index in [-0.39, 0.29) is 6.61 Å². The maximum absolute atomic E-state index is 10.8. The van der Waals surface area contributed by atoms with Crippen molar-refractivity contribution in [1.82, 2.24) is 0 Å². The first-order valence-corrected chi connectivity index (χ1v) is 11.4. The highest BCUT2D eigenvalue weighted by Crippen LogP contribution is 2.37. The molecule has 0 fully saturated rings. The van der Waals surface area contributed by atoms with E-state index in [1.807, 2.05) is 42.5 Å². The first-order valence-electron chi connectivity index (χ1n) is 8.25. The second-order valence-electron chi connectivity index (χ2n) is 6.58. The van der Waals surface area contributed by atoms with Gasteiger partial charge in [0, 0.05) is 25.4 Å². The molecule has 0 spiro atoms. The summed E-state index contributed by atoms with van der Waals surface area (Å²) in [5.41, 5.74) is 6.21. The molecule has 0 radical (unpaired) electrons. The Morgan fingerprint density at radius 2 is 1.89 bits per heavy atom. The number of phosphoric ester groups is 1. The Balaban J connectivity index is 1.89. The van der Waals surface area contributed by atoms with Crippen molar-refractivity contribution in [2.45, 2.75) is 41.5 Å². The van der Waals surface area contributed by atoms with Gasteiger partial charge in [0.15, 0.2) is 0 Å². The average molecular weight is 450 g/mol. The van der Waals surface area contributed by atoms with Crippen molar-refractivity contribution in [1.29, 1.82) is 0 Å². The van der Waals surface area contributed by atoms with Crippen molar-refractivity contribution in [2.24, 2.45) is 5.73 Å². The van der Waals surface area contributed by atoms with E-state index in [0.29, 0.717) is 22.9 Å². The van der Waals surface area contributed by atoms with Crippen LogP contribution in [0.4, 0.5) is 0 Å². The van der Waals surface area contributed by atoms with Crippen molar-refractivity contribution in [2.75, 3.05) is 6.61 Å². The van der Waals surface area contributed by atoms with E-state index >= 15 is 0 Å². The normalized spacial score (nSPS) is 14.1. The molecule has 0 saturated heterocycles. The van der Waals surface area contributed by atoms with Gasteiger partial charge >= 0.3 is 7.82 Å². The third kappa shape index (κ3) is 8.55. The zero-order valence-electron chi connectivity index (χ0n) is 14.8.